The van der Waals surface area contributed by atoms with Crippen LogP contribution in [0, 0.1) is 0 Å². The van der Waals surface area contributed by atoms with Gasteiger partial charge in [-0.05, 0) is 26.8 Å². The summed E-state index contributed by atoms with van der Waals surface area (Å²) in [4.78, 5) is 23.9. The number of ether oxygens (including phenoxy) is 3. The lowest BCUT2D eigenvalue weighted by molar-refractivity contribution is -0.137. The standard InChI is InChI=1S/C25H35F3N6O4/c1-16(33-9-11-36-12-10-33)32-20(18-15-31-21(29)13-19(18)25(26,27)28)14-22(30)37-17-5-7-34(8-6-17)23(35)38-24(2,3)4/h13-15,17H,1,5-12,30H2,2-4H3,(H2,29,31)/b22-14+,32-20?. The number of likely N-dealkylation sites (tertiary alicyclic amines) is 1. The van der Waals surface area contributed by atoms with E-state index < -0.39 is 23.4 Å². The van der Waals surface area contributed by atoms with Gasteiger partial charge in [0.25, 0.3) is 0 Å². The largest absolute Gasteiger partial charge is 0.476 e. The van der Waals surface area contributed by atoms with Crippen LogP contribution in [0.3, 0.4) is 0 Å². The number of pyridine rings is 1. The number of anilines is 1. The molecule has 2 saturated heterocycles. The number of carbonyl (C=O) groups excluding carboxylic acids is 1. The van der Waals surface area contributed by atoms with E-state index in [2.05, 4.69) is 16.6 Å². The number of amides is 1. The molecule has 1 aromatic heterocycles. The molecule has 2 fully saturated rings. The van der Waals surface area contributed by atoms with Gasteiger partial charge in [-0.15, -0.1) is 0 Å². The fourth-order valence-electron chi connectivity index (χ4n) is 3.96. The van der Waals surface area contributed by atoms with E-state index in [1.807, 2.05) is 0 Å². The molecule has 38 heavy (non-hydrogen) atoms. The van der Waals surface area contributed by atoms with Crippen molar-refractivity contribution in [1.82, 2.24) is 14.8 Å². The number of piperidine rings is 1. The van der Waals surface area contributed by atoms with Crippen molar-refractivity contribution in [2.24, 2.45) is 10.7 Å². The maximum atomic E-state index is 13.9. The molecular formula is C25H35F3N6O4. The molecule has 0 aromatic carbocycles. The van der Waals surface area contributed by atoms with Gasteiger partial charge in [0.1, 0.15) is 23.3 Å². The smallest absolute Gasteiger partial charge is 0.417 e. The molecular weight excluding hydrogens is 505 g/mol. The van der Waals surface area contributed by atoms with Crippen LogP contribution in [0.15, 0.2) is 41.6 Å². The number of alkyl halides is 3. The topological polar surface area (TPSA) is 129 Å². The average Bonchev–Trinajstić information content (AvgIpc) is 2.83. The Morgan fingerprint density at radius 3 is 2.39 bits per heavy atom. The van der Waals surface area contributed by atoms with E-state index in [1.165, 1.54) is 6.08 Å². The lowest BCUT2D eigenvalue weighted by Gasteiger charge is -2.33. The van der Waals surface area contributed by atoms with Crippen molar-refractivity contribution in [3.05, 3.63) is 47.7 Å². The summed E-state index contributed by atoms with van der Waals surface area (Å²) in [7, 11) is 0. The fourth-order valence-corrected chi connectivity index (χ4v) is 3.96. The second-order valence-electron chi connectivity index (χ2n) is 10.00. The van der Waals surface area contributed by atoms with E-state index in [0.29, 0.717) is 52.2 Å². The number of aromatic nitrogens is 1. The van der Waals surface area contributed by atoms with Crippen LogP contribution in [-0.4, -0.2) is 77.7 Å². The summed E-state index contributed by atoms with van der Waals surface area (Å²) in [5, 5.41) is 0. The van der Waals surface area contributed by atoms with Crippen LogP contribution in [0.2, 0.25) is 0 Å². The highest BCUT2D eigenvalue weighted by Crippen LogP contribution is 2.33. The Morgan fingerprint density at radius 2 is 1.82 bits per heavy atom. The molecule has 0 atom stereocenters. The molecule has 2 aliphatic rings. The van der Waals surface area contributed by atoms with E-state index in [1.54, 1.807) is 30.6 Å². The second kappa shape index (κ2) is 11.9. The van der Waals surface area contributed by atoms with Gasteiger partial charge in [0.15, 0.2) is 5.88 Å². The van der Waals surface area contributed by atoms with Crippen LogP contribution >= 0.6 is 0 Å². The summed E-state index contributed by atoms with van der Waals surface area (Å²) in [5.41, 5.74) is 9.62. The Hall–Kier alpha value is -3.48. The monoisotopic (exact) mass is 540 g/mol. The Kier molecular flexibility index (Phi) is 9.13. The number of halogens is 3. The van der Waals surface area contributed by atoms with Gasteiger partial charge in [-0.1, -0.05) is 6.58 Å². The SMILES string of the molecule is C=C(N=C(/C=C(\N)OC1CCN(C(=O)OC(C)(C)C)CC1)c1cnc(N)cc1C(F)(F)F)N1CCOCC1. The number of carbonyl (C=O) groups is 1. The zero-order chi connectivity index (χ0) is 28.1. The normalized spacial score (nSPS) is 18.4. The van der Waals surface area contributed by atoms with E-state index in [9.17, 15) is 18.0 Å². The summed E-state index contributed by atoms with van der Waals surface area (Å²) in [6.45, 7) is 12.0. The summed E-state index contributed by atoms with van der Waals surface area (Å²) in [6.07, 6.45) is -2.30. The molecule has 1 aromatic rings. The summed E-state index contributed by atoms with van der Waals surface area (Å²) in [5.74, 6) is -0.153. The van der Waals surface area contributed by atoms with Crippen LogP contribution in [0.25, 0.3) is 0 Å². The van der Waals surface area contributed by atoms with Crippen molar-refractivity contribution in [3.8, 4) is 0 Å². The molecule has 210 valence electrons. The van der Waals surface area contributed by atoms with Gasteiger partial charge in [0, 0.05) is 56.9 Å². The van der Waals surface area contributed by atoms with E-state index in [-0.39, 0.29) is 34.9 Å². The zero-order valence-electron chi connectivity index (χ0n) is 21.9. The van der Waals surface area contributed by atoms with Crippen LogP contribution < -0.4 is 11.5 Å². The van der Waals surface area contributed by atoms with Gasteiger partial charge in [0.2, 0.25) is 0 Å². The van der Waals surface area contributed by atoms with E-state index in [4.69, 9.17) is 25.7 Å². The molecule has 0 bridgehead atoms. The van der Waals surface area contributed by atoms with Crippen LogP contribution in [0.5, 0.6) is 0 Å². The fraction of sp³-hybridized carbons (Fsp3) is 0.560. The first-order valence-electron chi connectivity index (χ1n) is 12.3. The maximum absolute atomic E-state index is 13.9. The average molecular weight is 541 g/mol. The first-order chi connectivity index (χ1) is 17.7. The lowest BCUT2D eigenvalue weighted by atomic mass is 10.0. The minimum absolute atomic E-state index is 0.120. The van der Waals surface area contributed by atoms with E-state index in [0.717, 1.165) is 12.3 Å². The molecule has 0 aliphatic carbocycles. The van der Waals surface area contributed by atoms with Crippen molar-refractivity contribution in [2.75, 3.05) is 45.1 Å². The molecule has 0 radical (unpaired) electrons. The van der Waals surface area contributed by atoms with Crippen molar-refractivity contribution in [3.63, 3.8) is 0 Å². The minimum atomic E-state index is -4.72. The van der Waals surface area contributed by atoms with Gasteiger partial charge >= 0.3 is 12.3 Å². The highest BCUT2D eigenvalue weighted by Gasteiger charge is 2.35. The van der Waals surface area contributed by atoms with Crippen LogP contribution in [-0.2, 0) is 20.4 Å². The lowest BCUT2D eigenvalue weighted by Crippen LogP contribution is -2.43. The molecule has 2 aliphatic heterocycles. The summed E-state index contributed by atoms with van der Waals surface area (Å²) in [6, 6.07) is 0.750. The van der Waals surface area contributed by atoms with Crippen molar-refractivity contribution in [1.29, 1.82) is 0 Å². The highest BCUT2D eigenvalue weighted by molar-refractivity contribution is 6.10. The van der Waals surface area contributed by atoms with E-state index >= 15 is 0 Å². The molecule has 0 saturated carbocycles. The molecule has 0 unspecified atom stereocenters. The number of nitrogens with two attached hydrogens (primary N) is 2. The third-order valence-electron chi connectivity index (χ3n) is 5.81. The van der Waals surface area contributed by atoms with Crippen LogP contribution in [0.1, 0.15) is 44.7 Å². The van der Waals surface area contributed by atoms with Gasteiger partial charge in [-0.2, -0.15) is 13.2 Å². The molecule has 10 nitrogen and oxygen atoms in total. The number of hydrogen-bond donors (Lipinski definition) is 2. The molecule has 3 heterocycles. The van der Waals surface area contributed by atoms with Crippen molar-refractivity contribution < 1.29 is 32.2 Å². The Bertz CT molecular complexity index is 1070. The quantitative estimate of drug-likeness (QED) is 0.415. The number of nitrogen functional groups attached to an aromatic ring is 1. The Labute approximate surface area is 220 Å². The van der Waals surface area contributed by atoms with Crippen molar-refractivity contribution in [2.45, 2.75) is 51.5 Å². The number of nitrogens with zero attached hydrogens (tertiary/aromatic N) is 4. The zero-order valence-corrected chi connectivity index (χ0v) is 21.9. The predicted octanol–water partition coefficient (Wildman–Crippen LogP) is 3.49. The highest BCUT2D eigenvalue weighted by atomic mass is 19.4. The minimum Gasteiger partial charge on any atom is -0.476 e. The predicted molar refractivity (Wildman–Crippen MR) is 136 cm³/mol. The van der Waals surface area contributed by atoms with Crippen LogP contribution in [0.4, 0.5) is 23.8 Å². The maximum Gasteiger partial charge on any atom is 0.417 e. The number of aliphatic imine (C=N–C) groups is 1. The molecule has 4 N–H and O–H groups in total. The second-order valence-corrected chi connectivity index (χ2v) is 10.00. The summed E-state index contributed by atoms with van der Waals surface area (Å²) < 4.78 is 58.2. The number of allylic oxidation sites excluding steroid dienone is 1. The molecule has 0 spiro atoms. The number of morpholine rings is 1. The third kappa shape index (κ3) is 8.27. The molecule has 13 heteroatoms. The first-order valence-corrected chi connectivity index (χ1v) is 12.3. The van der Waals surface area contributed by atoms with Gasteiger partial charge in [0.05, 0.1) is 24.5 Å². The van der Waals surface area contributed by atoms with Crippen molar-refractivity contribution >= 4 is 17.6 Å². The number of rotatable bonds is 6. The Balaban J connectivity index is 1.81. The Morgan fingerprint density at radius 1 is 1.18 bits per heavy atom. The first kappa shape index (κ1) is 29.1. The third-order valence-corrected chi connectivity index (χ3v) is 5.81. The number of hydrogen-bond acceptors (Lipinski definition) is 9. The molecule has 3 rings (SSSR count). The van der Waals surface area contributed by atoms with Gasteiger partial charge in [-0.25, -0.2) is 14.8 Å². The summed E-state index contributed by atoms with van der Waals surface area (Å²) >= 11 is 0. The van der Waals surface area contributed by atoms with Gasteiger partial charge < -0.3 is 35.5 Å². The molecule has 1 amide bonds. The van der Waals surface area contributed by atoms with Gasteiger partial charge in [-0.3, -0.25) is 0 Å².